The molecule has 0 aromatic carbocycles. The zero-order valence-corrected chi connectivity index (χ0v) is 10.3. The summed E-state index contributed by atoms with van der Waals surface area (Å²) in [5.74, 6) is 0.243. The Balaban J connectivity index is 1.83. The maximum atomic E-state index is 10.2. The summed E-state index contributed by atoms with van der Waals surface area (Å²) in [6, 6.07) is -0.573. The van der Waals surface area contributed by atoms with Crippen LogP contribution in [-0.2, 0) is 4.74 Å². The van der Waals surface area contributed by atoms with Gasteiger partial charge >= 0.3 is 0 Å². The standard InChI is InChI=1S/C11H13N5O4/c12-9-4-10(14-2-13-9)16(3-15-4)5-6(18)7(19)11(1-17)8(5)20-11/h2-3,5-8,17-19H,1H2,(H2,12,13,14)/t5-,6+,7-,8+,11-/m0/s1. The number of aliphatic hydroxyl groups excluding tert-OH is 3. The van der Waals surface area contributed by atoms with Crippen LogP contribution in [0.1, 0.15) is 6.04 Å². The molecule has 2 fully saturated rings. The van der Waals surface area contributed by atoms with E-state index in [2.05, 4.69) is 15.0 Å². The van der Waals surface area contributed by atoms with E-state index in [9.17, 15) is 15.3 Å². The third kappa shape index (κ3) is 1.23. The van der Waals surface area contributed by atoms with Gasteiger partial charge in [0.05, 0.1) is 19.0 Å². The minimum Gasteiger partial charge on any atom is -0.393 e. The van der Waals surface area contributed by atoms with E-state index in [-0.39, 0.29) is 12.4 Å². The van der Waals surface area contributed by atoms with Crippen LogP contribution in [0.25, 0.3) is 11.2 Å². The van der Waals surface area contributed by atoms with Gasteiger partial charge in [0.1, 0.15) is 35.8 Å². The molecule has 4 rings (SSSR count). The molecule has 0 bridgehead atoms. The van der Waals surface area contributed by atoms with Crippen LogP contribution < -0.4 is 5.73 Å². The number of imidazole rings is 1. The molecule has 0 unspecified atom stereocenters. The van der Waals surface area contributed by atoms with E-state index in [4.69, 9.17) is 10.5 Å². The average Bonchev–Trinajstić information content (AvgIpc) is 2.95. The highest BCUT2D eigenvalue weighted by Gasteiger charge is 2.74. The van der Waals surface area contributed by atoms with Gasteiger partial charge in [0.15, 0.2) is 11.5 Å². The number of nitrogens with two attached hydrogens (primary N) is 1. The number of rotatable bonds is 2. The molecule has 0 radical (unpaired) electrons. The number of fused-ring (bicyclic) bond motifs is 2. The van der Waals surface area contributed by atoms with E-state index in [0.717, 1.165) is 0 Å². The monoisotopic (exact) mass is 279 g/mol. The van der Waals surface area contributed by atoms with Crippen LogP contribution in [0.5, 0.6) is 0 Å². The maximum absolute atomic E-state index is 10.2. The predicted molar refractivity (Wildman–Crippen MR) is 65.5 cm³/mol. The highest BCUT2D eigenvalue weighted by molar-refractivity contribution is 5.81. The van der Waals surface area contributed by atoms with Crippen molar-refractivity contribution in [3.63, 3.8) is 0 Å². The molecule has 1 aliphatic heterocycles. The Kier molecular flexibility index (Phi) is 2.18. The largest absolute Gasteiger partial charge is 0.393 e. The number of anilines is 1. The summed E-state index contributed by atoms with van der Waals surface area (Å²) in [5, 5.41) is 29.6. The zero-order chi connectivity index (χ0) is 14.1. The zero-order valence-electron chi connectivity index (χ0n) is 10.3. The molecule has 2 aromatic rings. The van der Waals surface area contributed by atoms with Crippen LogP contribution in [0.15, 0.2) is 12.7 Å². The van der Waals surface area contributed by atoms with Gasteiger partial charge in [-0.05, 0) is 0 Å². The van der Waals surface area contributed by atoms with Crippen LogP contribution in [0.2, 0.25) is 0 Å². The third-order valence-electron chi connectivity index (χ3n) is 4.21. The summed E-state index contributed by atoms with van der Waals surface area (Å²) in [7, 11) is 0. The van der Waals surface area contributed by atoms with Gasteiger partial charge in [0.25, 0.3) is 0 Å². The van der Waals surface area contributed by atoms with Crippen molar-refractivity contribution in [3.05, 3.63) is 12.7 Å². The van der Waals surface area contributed by atoms with Gasteiger partial charge in [-0.15, -0.1) is 0 Å². The van der Waals surface area contributed by atoms with Crippen LogP contribution >= 0.6 is 0 Å². The topological polar surface area (TPSA) is 143 Å². The maximum Gasteiger partial charge on any atom is 0.165 e. The quantitative estimate of drug-likeness (QED) is 0.454. The summed E-state index contributed by atoms with van der Waals surface area (Å²) in [4.78, 5) is 12.1. The number of epoxide rings is 1. The van der Waals surface area contributed by atoms with Crippen molar-refractivity contribution in [2.45, 2.75) is 30.0 Å². The molecule has 9 nitrogen and oxygen atoms in total. The van der Waals surface area contributed by atoms with Gasteiger partial charge in [-0.3, -0.25) is 0 Å². The van der Waals surface area contributed by atoms with E-state index in [0.29, 0.717) is 11.2 Å². The number of nitrogen functional groups attached to an aromatic ring is 1. The molecule has 3 heterocycles. The van der Waals surface area contributed by atoms with E-state index in [1.165, 1.54) is 12.7 Å². The van der Waals surface area contributed by atoms with Crippen molar-refractivity contribution in [2.75, 3.05) is 12.3 Å². The summed E-state index contributed by atoms with van der Waals surface area (Å²) in [6.45, 7) is -0.351. The SMILES string of the molecule is Nc1ncnc2c1ncn2[C@H]1[C@@H](O)[C@H](O)[C@]2(CO)O[C@H]12. The lowest BCUT2D eigenvalue weighted by Crippen LogP contribution is -2.39. The van der Waals surface area contributed by atoms with Crippen molar-refractivity contribution >= 4 is 17.0 Å². The number of aliphatic hydroxyl groups is 3. The fraction of sp³-hybridized carbons (Fsp3) is 0.545. The molecule has 1 aliphatic carbocycles. The molecule has 2 aromatic heterocycles. The van der Waals surface area contributed by atoms with Crippen molar-refractivity contribution in [2.24, 2.45) is 0 Å². The Morgan fingerprint density at radius 2 is 2.15 bits per heavy atom. The van der Waals surface area contributed by atoms with Gasteiger partial charge in [-0.1, -0.05) is 0 Å². The van der Waals surface area contributed by atoms with Gasteiger partial charge in [-0.25, -0.2) is 15.0 Å². The molecule has 1 saturated carbocycles. The van der Waals surface area contributed by atoms with Gasteiger partial charge < -0.3 is 30.4 Å². The molecule has 5 atom stereocenters. The highest BCUT2D eigenvalue weighted by atomic mass is 16.6. The first-order chi connectivity index (χ1) is 9.60. The molecule has 20 heavy (non-hydrogen) atoms. The minimum absolute atomic E-state index is 0.243. The van der Waals surface area contributed by atoms with Crippen molar-refractivity contribution in [1.29, 1.82) is 0 Å². The Bertz CT molecular complexity index is 691. The lowest BCUT2D eigenvalue weighted by Gasteiger charge is -2.22. The molecule has 2 aliphatic rings. The molecule has 0 spiro atoms. The van der Waals surface area contributed by atoms with Gasteiger partial charge in [0.2, 0.25) is 0 Å². The first kappa shape index (κ1) is 12.0. The number of hydrogen-bond donors (Lipinski definition) is 4. The number of aromatic nitrogens is 4. The molecular formula is C11H13N5O4. The molecule has 5 N–H and O–H groups in total. The fourth-order valence-electron chi connectivity index (χ4n) is 3.07. The molecule has 9 heteroatoms. The summed E-state index contributed by atoms with van der Waals surface area (Å²) >= 11 is 0. The minimum atomic E-state index is -1.15. The Hall–Kier alpha value is -1.81. The van der Waals surface area contributed by atoms with Crippen LogP contribution in [0, 0.1) is 0 Å². The molecule has 0 amide bonds. The average molecular weight is 279 g/mol. The molecule has 1 saturated heterocycles. The van der Waals surface area contributed by atoms with E-state index in [1.807, 2.05) is 0 Å². The van der Waals surface area contributed by atoms with Crippen molar-refractivity contribution < 1.29 is 20.1 Å². The molecular weight excluding hydrogens is 266 g/mol. The Labute approximate surface area is 112 Å². The highest BCUT2D eigenvalue weighted by Crippen LogP contribution is 2.55. The predicted octanol–water partition coefficient (Wildman–Crippen LogP) is -2.19. The Morgan fingerprint density at radius 3 is 2.85 bits per heavy atom. The van der Waals surface area contributed by atoms with Crippen LogP contribution in [0.3, 0.4) is 0 Å². The number of ether oxygens (including phenoxy) is 1. The van der Waals surface area contributed by atoms with Crippen molar-refractivity contribution in [1.82, 2.24) is 19.5 Å². The van der Waals surface area contributed by atoms with Crippen molar-refractivity contribution in [3.8, 4) is 0 Å². The lowest BCUT2D eigenvalue weighted by molar-refractivity contribution is -0.0614. The number of nitrogens with zero attached hydrogens (tertiary/aromatic N) is 4. The van der Waals surface area contributed by atoms with E-state index < -0.39 is 30.0 Å². The van der Waals surface area contributed by atoms with Crippen LogP contribution in [-0.4, -0.2) is 65.4 Å². The second-order valence-corrected chi connectivity index (χ2v) is 5.16. The Morgan fingerprint density at radius 1 is 1.35 bits per heavy atom. The summed E-state index contributed by atoms with van der Waals surface area (Å²) in [5.41, 5.74) is 5.52. The van der Waals surface area contributed by atoms with Gasteiger partial charge in [0, 0.05) is 0 Å². The number of hydrogen-bond acceptors (Lipinski definition) is 8. The normalized spacial score (nSPS) is 39.1. The third-order valence-corrected chi connectivity index (χ3v) is 4.21. The van der Waals surface area contributed by atoms with E-state index in [1.54, 1.807) is 4.57 Å². The lowest BCUT2D eigenvalue weighted by atomic mass is 10.1. The summed E-state index contributed by atoms with van der Waals surface area (Å²) in [6.07, 6.45) is 0.0752. The second-order valence-electron chi connectivity index (χ2n) is 5.16. The molecule has 106 valence electrons. The first-order valence-corrected chi connectivity index (χ1v) is 6.18. The van der Waals surface area contributed by atoms with Crippen LogP contribution in [0.4, 0.5) is 5.82 Å². The fourth-order valence-corrected chi connectivity index (χ4v) is 3.07. The van der Waals surface area contributed by atoms with Gasteiger partial charge in [-0.2, -0.15) is 0 Å². The first-order valence-electron chi connectivity index (χ1n) is 6.18. The smallest absolute Gasteiger partial charge is 0.165 e. The summed E-state index contributed by atoms with van der Waals surface area (Å²) < 4.78 is 7.01. The second kappa shape index (κ2) is 3.64. The van der Waals surface area contributed by atoms with E-state index >= 15 is 0 Å².